The van der Waals surface area contributed by atoms with Gasteiger partial charge in [0.05, 0.1) is 34.3 Å². The van der Waals surface area contributed by atoms with Crippen LogP contribution in [0.15, 0.2) is 87.3 Å². The van der Waals surface area contributed by atoms with Crippen molar-refractivity contribution in [2.45, 2.75) is 214 Å². The number of hydrogen-bond donors (Lipinski definition) is 18. The van der Waals surface area contributed by atoms with E-state index < -0.39 is 234 Å². The number of thioether (sulfide) groups is 1. The molecule has 2 aromatic rings. The predicted molar refractivity (Wildman–Crippen MR) is 432 cm³/mol. The van der Waals surface area contributed by atoms with Crippen LogP contribution in [0.25, 0.3) is 0 Å². The predicted octanol–water partition coefficient (Wildman–Crippen LogP) is 0.656. The number of nitrogens with zero attached hydrogens (tertiary/aromatic N) is 2. The second-order valence-corrected chi connectivity index (χ2v) is 33.1. The average Bonchev–Trinajstić information content (AvgIpc) is 1.60. The molecule has 0 fully saturated rings. The number of carboxylic acids is 5. The maximum Gasteiger partial charge on any atom is 0.303 e. The Labute approximate surface area is 696 Å². The Morgan fingerprint density at radius 1 is 0.500 bits per heavy atom. The van der Waals surface area contributed by atoms with Crippen molar-refractivity contribution in [3.05, 3.63) is 83.6 Å². The van der Waals surface area contributed by atoms with Crippen molar-refractivity contribution in [1.82, 2.24) is 53.2 Å². The third-order valence-corrected chi connectivity index (χ3v) is 21.7. The largest absolute Gasteiger partial charge is 0.481 e. The minimum atomic E-state index is -4.57. The van der Waals surface area contributed by atoms with E-state index in [2.05, 4.69) is 58.2 Å². The molecule has 2 aromatic carbocycles. The molecule has 0 saturated carbocycles. The minimum Gasteiger partial charge on any atom is -0.481 e. The van der Waals surface area contributed by atoms with Crippen molar-refractivity contribution in [3.63, 3.8) is 0 Å². The fourth-order valence-electron chi connectivity index (χ4n) is 12.5. The molecular formula is C76H107N13O28S3. The Hall–Kier alpha value is -11.2. The highest BCUT2D eigenvalue weighted by atomic mass is 32.2. The van der Waals surface area contributed by atoms with E-state index in [0.29, 0.717) is 59.8 Å². The van der Waals surface area contributed by atoms with Crippen LogP contribution in [0.1, 0.15) is 162 Å². The van der Waals surface area contributed by atoms with E-state index in [4.69, 9.17) is 10.5 Å². The van der Waals surface area contributed by atoms with Crippen molar-refractivity contribution in [3.8, 4) is 0 Å². The van der Waals surface area contributed by atoms with Crippen molar-refractivity contribution in [2.24, 2.45) is 16.6 Å². The van der Waals surface area contributed by atoms with E-state index in [1.54, 1.807) is 37.3 Å². The molecule has 2 heterocycles. The molecule has 4 rings (SSSR count). The summed E-state index contributed by atoms with van der Waals surface area (Å²) in [6, 6.07) is -3.51. The highest BCUT2D eigenvalue weighted by Crippen LogP contribution is 2.49. The summed E-state index contributed by atoms with van der Waals surface area (Å²) >= 11 is 1.44. The number of primary amides is 1. The molecular weight excluding hydrogens is 1640 g/mol. The number of hydrogen-bond acceptors (Lipinski definition) is 24. The topological polar surface area (TPSA) is 654 Å². The number of rotatable bonds is 55. The SMILES string of the molecule is CSC[C@H](C)C(=O)N[C@@H](C)C(=O)NCC(=O)NCCOCC(=O)N[C@H](CCC(=O)O)C(=O)N[C@H](CCC(=O)O)C(=O)N[C@H](CCC(=O)O)C(=O)N[C@H](CCC(=O)O)C(=O)N[C@H](CCC(=O)O)C(=O)N[C@H](CCCCNC(=O)CCCCCN1/C(=C/C=C/C=C/C2=Nc3ccc(S(=O)(=O)O)cc3C2(C)C)C(C)(C)c2cc(S(=O)(=O)O)ccc21)C(N)=O. The van der Waals surface area contributed by atoms with Gasteiger partial charge in [-0.15, -0.1) is 0 Å². The normalized spacial score (nSPS) is 15.6. The highest BCUT2D eigenvalue weighted by Gasteiger charge is 2.42. The number of anilines is 1. The number of nitrogens with one attached hydrogen (secondary N) is 10. The zero-order chi connectivity index (χ0) is 90.0. The Bertz CT molecular complexity index is 4470. The van der Waals surface area contributed by atoms with Gasteiger partial charge in [0, 0.05) is 92.0 Å². The van der Waals surface area contributed by atoms with E-state index in [-0.39, 0.29) is 72.9 Å². The molecule has 0 spiro atoms. The van der Waals surface area contributed by atoms with E-state index in [9.17, 15) is 128 Å². The summed E-state index contributed by atoms with van der Waals surface area (Å²) < 4.78 is 73.1. The zero-order valence-electron chi connectivity index (χ0n) is 67.3. The first-order valence-corrected chi connectivity index (χ1v) is 42.5. The van der Waals surface area contributed by atoms with Gasteiger partial charge < -0.3 is 94.1 Å². The van der Waals surface area contributed by atoms with Gasteiger partial charge in [-0.1, -0.05) is 59.3 Å². The lowest BCUT2D eigenvalue weighted by Gasteiger charge is -2.27. The number of carbonyl (C=O) groups is 16. The summed E-state index contributed by atoms with van der Waals surface area (Å²) in [6.45, 7) is 9.34. The lowest BCUT2D eigenvalue weighted by atomic mass is 9.81. The molecule has 0 saturated heterocycles. The summed E-state index contributed by atoms with van der Waals surface area (Å²) in [5.74, 6) is -18.1. The van der Waals surface area contributed by atoms with Gasteiger partial charge in [-0.2, -0.15) is 28.6 Å². The monoisotopic (exact) mass is 1750 g/mol. The number of aliphatic carboxylic acids is 5. The third-order valence-electron chi connectivity index (χ3n) is 19.2. The van der Waals surface area contributed by atoms with Gasteiger partial charge in [0.25, 0.3) is 20.2 Å². The van der Waals surface area contributed by atoms with Crippen LogP contribution in [0.3, 0.4) is 0 Å². The lowest BCUT2D eigenvalue weighted by molar-refractivity contribution is -0.141. The van der Waals surface area contributed by atoms with Gasteiger partial charge in [-0.05, 0) is 137 Å². The number of allylic oxidation sites excluding steroid dienone is 6. The molecule has 120 heavy (non-hydrogen) atoms. The molecule has 41 nitrogen and oxygen atoms in total. The first-order chi connectivity index (χ1) is 56.2. The number of carboxylic acid groups (broad SMARTS) is 5. The van der Waals surface area contributed by atoms with Gasteiger partial charge in [-0.25, -0.2) is 0 Å². The van der Waals surface area contributed by atoms with E-state index in [0.717, 1.165) is 5.70 Å². The van der Waals surface area contributed by atoms with Crippen LogP contribution in [-0.4, -0.2) is 246 Å². The van der Waals surface area contributed by atoms with Crippen molar-refractivity contribution < 1.29 is 133 Å². The van der Waals surface area contributed by atoms with Crippen LogP contribution in [0.2, 0.25) is 0 Å². The van der Waals surface area contributed by atoms with Gasteiger partial charge in [0.2, 0.25) is 65.0 Å². The number of unbranched alkanes of at least 4 members (excludes halogenated alkanes) is 3. The van der Waals surface area contributed by atoms with Crippen LogP contribution >= 0.6 is 11.8 Å². The molecule has 0 radical (unpaired) electrons. The molecule has 0 aromatic heterocycles. The lowest BCUT2D eigenvalue weighted by Crippen LogP contribution is -2.59. The maximum atomic E-state index is 14.1. The summed E-state index contributed by atoms with van der Waals surface area (Å²) in [5, 5.41) is 71.3. The number of fused-ring (bicyclic) bond motifs is 2. The van der Waals surface area contributed by atoms with E-state index >= 15 is 0 Å². The van der Waals surface area contributed by atoms with Crippen molar-refractivity contribution in [2.75, 3.05) is 56.3 Å². The molecule has 44 heteroatoms. The third kappa shape index (κ3) is 33.9. The van der Waals surface area contributed by atoms with Crippen LogP contribution in [-0.2, 0) is 113 Å². The molecule has 0 aliphatic carbocycles. The molecule has 11 amide bonds. The summed E-state index contributed by atoms with van der Waals surface area (Å²) in [6.07, 6.45) is 4.76. The van der Waals surface area contributed by atoms with Gasteiger partial charge >= 0.3 is 29.8 Å². The summed E-state index contributed by atoms with van der Waals surface area (Å²) in [4.78, 5) is 211. The fraction of sp³-hybridized carbons (Fsp3) is 0.539. The van der Waals surface area contributed by atoms with Crippen LogP contribution in [0.5, 0.6) is 0 Å². The number of carbonyl (C=O) groups excluding carboxylic acids is 11. The standard InChI is InChI=1S/C76H107N13O28S3/c1-43(42-118-7)68(104)81-44(2)69(105)80-40-60(91)79-35-37-117-41-61(92)83-51(23-29-62(93)94)70(106)85-53(25-31-64(97)98)72(108)87-55(27-33-66(101)102)74(110)88-54(26-32-65(99)100)73(109)86-52(24-30-63(95)96)71(107)84-50(67(77)103)16-13-14-34-78-59(90)19-12-9-15-36-89-56-28-21-46(120(114,115)116)39-48(56)76(5,6)58(89)18-11-8-10-17-57-75(3,4)47-38-45(119(111,112)113)20-22-49(47)82-57/h8,10-11,17-18,20-22,28,38-39,43-44,50-55H,9,12-16,19,23-27,29-37,40-42H2,1-7H3,(H2,77,103)(H,78,90)(H,79,91)(H,80,105)(H,81,104)(H,83,92)(H,84,107)(H,85,106)(H,86,109)(H,87,108)(H,88,110)(H,93,94)(H,95,96)(H,97,98)(H,99,100)(H,101,102)(H,111,112,113)(H,114,115,116)/b11-8+,17-10+,58-18+/t43-,44-,50+,51+,52+,53+,54+,55+/m0/s1. The van der Waals surface area contributed by atoms with Crippen molar-refractivity contribution >= 4 is 144 Å². The maximum absolute atomic E-state index is 14.1. The minimum absolute atomic E-state index is 0.0987. The quantitative estimate of drug-likeness (QED) is 0.0246. The number of nitrogens with two attached hydrogens (primary N) is 1. The molecule has 2 aliphatic rings. The smallest absolute Gasteiger partial charge is 0.303 e. The molecule has 0 bridgehead atoms. The second kappa shape index (κ2) is 48.1. The Kier molecular flexibility index (Phi) is 40.6. The fourth-order valence-corrected chi connectivity index (χ4v) is 14.2. The van der Waals surface area contributed by atoms with E-state index in [1.165, 1.54) is 49.0 Å². The van der Waals surface area contributed by atoms with Crippen LogP contribution in [0.4, 0.5) is 11.4 Å². The summed E-state index contributed by atoms with van der Waals surface area (Å²) in [5.41, 5.74) is 8.09. The second-order valence-electron chi connectivity index (χ2n) is 29.4. The van der Waals surface area contributed by atoms with Gasteiger partial charge in [-0.3, -0.25) is 90.8 Å². The van der Waals surface area contributed by atoms with E-state index in [1.807, 2.05) is 44.9 Å². The molecule has 2 aliphatic heterocycles. The number of ether oxygens (including phenoxy) is 1. The van der Waals surface area contributed by atoms with Crippen LogP contribution < -0.4 is 63.8 Å². The number of benzene rings is 2. The summed E-state index contributed by atoms with van der Waals surface area (Å²) in [7, 11) is -9.02. The highest BCUT2D eigenvalue weighted by molar-refractivity contribution is 7.98. The molecule has 0 unspecified atom stereocenters. The number of amides is 11. The number of aliphatic imine (C=N–C) groups is 1. The van der Waals surface area contributed by atoms with Crippen LogP contribution in [0, 0.1) is 5.92 Å². The zero-order valence-corrected chi connectivity index (χ0v) is 69.8. The van der Waals surface area contributed by atoms with Gasteiger partial charge in [0.15, 0.2) is 0 Å². The molecule has 662 valence electrons. The van der Waals surface area contributed by atoms with Crippen molar-refractivity contribution in [1.29, 1.82) is 0 Å². The molecule has 8 atom stereocenters. The Morgan fingerprint density at radius 2 is 0.967 bits per heavy atom. The average molecular weight is 1750 g/mol. The first-order valence-electron chi connectivity index (χ1n) is 38.2. The Morgan fingerprint density at radius 3 is 1.44 bits per heavy atom. The molecule has 19 N–H and O–H groups in total. The first kappa shape index (κ1) is 101. The Balaban J connectivity index is 1.36. The van der Waals surface area contributed by atoms with Gasteiger partial charge in [0.1, 0.15) is 48.9 Å².